The molecule has 0 saturated carbocycles. The zero-order chi connectivity index (χ0) is 22.3. The predicted octanol–water partition coefficient (Wildman–Crippen LogP) is 3.11. The standard InChI is InChI=1S/C24H27N5O3/c30-22-12-11-21(27-29(22)17-18-7-2-1-3-8-18)23(31)25-16-19-9-6-10-20(15-19)26-24(32)28-13-4-5-14-28/h1-3,6-10,15H,4-5,11-14,16-17H2,(H,25,31)(H,26,32). The fourth-order valence-corrected chi connectivity index (χ4v) is 3.81. The molecule has 1 saturated heterocycles. The van der Waals surface area contributed by atoms with Crippen molar-refractivity contribution >= 4 is 29.2 Å². The van der Waals surface area contributed by atoms with Crippen LogP contribution < -0.4 is 10.6 Å². The number of carbonyl (C=O) groups is 3. The lowest BCUT2D eigenvalue weighted by Crippen LogP contribution is -2.38. The first-order chi connectivity index (χ1) is 15.6. The molecule has 2 heterocycles. The van der Waals surface area contributed by atoms with Gasteiger partial charge in [-0.2, -0.15) is 5.10 Å². The summed E-state index contributed by atoms with van der Waals surface area (Å²) < 4.78 is 0. The van der Waals surface area contributed by atoms with Crippen LogP contribution in [0.1, 0.15) is 36.8 Å². The van der Waals surface area contributed by atoms with Crippen LogP contribution in [0.4, 0.5) is 10.5 Å². The summed E-state index contributed by atoms with van der Waals surface area (Å²) in [5.41, 5.74) is 2.87. The molecule has 2 aromatic carbocycles. The van der Waals surface area contributed by atoms with E-state index in [1.807, 2.05) is 54.6 Å². The molecule has 2 aliphatic heterocycles. The van der Waals surface area contributed by atoms with Crippen LogP contribution in [0, 0.1) is 0 Å². The van der Waals surface area contributed by atoms with E-state index in [1.165, 1.54) is 5.01 Å². The number of carbonyl (C=O) groups excluding carboxylic acids is 3. The maximum atomic E-state index is 12.7. The van der Waals surface area contributed by atoms with E-state index in [-0.39, 0.29) is 24.3 Å². The highest BCUT2D eigenvalue weighted by molar-refractivity contribution is 6.39. The van der Waals surface area contributed by atoms with Gasteiger partial charge in [-0.15, -0.1) is 0 Å². The molecule has 0 atom stereocenters. The molecular formula is C24H27N5O3. The Morgan fingerprint density at radius 2 is 1.69 bits per heavy atom. The van der Waals surface area contributed by atoms with Gasteiger partial charge in [0.2, 0.25) is 5.91 Å². The van der Waals surface area contributed by atoms with Crippen LogP contribution in [0.25, 0.3) is 0 Å². The number of hydrogen-bond donors (Lipinski definition) is 2. The number of hydrazone groups is 1. The van der Waals surface area contributed by atoms with Crippen LogP contribution in [0.2, 0.25) is 0 Å². The van der Waals surface area contributed by atoms with Gasteiger partial charge >= 0.3 is 6.03 Å². The van der Waals surface area contributed by atoms with E-state index >= 15 is 0 Å². The number of likely N-dealkylation sites (tertiary alicyclic amines) is 1. The van der Waals surface area contributed by atoms with Crippen molar-refractivity contribution in [3.63, 3.8) is 0 Å². The van der Waals surface area contributed by atoms with Gasteiger partial charge in [-0.1, -0.05) is 42.5 Å². The topological polar surface area (TPSA) is 94.1 Å². The molecule has 0 unspecified atom stereocenters. The number of anilines is 1. The van der Waals surface area contributed by atoms with Crippen molar-refractivity contribution in [1.82, 2.24) is 15.2 Å². The van der Waals surface area contributed by atoms with Crippen molar-refractivity contribution < 1.29 is 14.4 Å². The van der Waals surface area contributed by atoms with Gasteiger partial charge in [-0.3, -0.25) is 9.59 Å². The lowest BCUT2D eigenvalue weighted by molar-refractivity contribution is -0.132. The Kier molecular flexibility index (Phi) is 6.79. The first kappa shape index (κ1) is 21.5. The van der Waals surface area contributed by atoms with Crippen molar-refractivity contribution in [2.24, 2.45) is 5.10 Å². The van der Waals surface area contributed by atoms with Gasteiger partial charge in [0.1, 0.15) is 5.71 Å². The van der Waals surface area contributed by atoms with Crippen molar-refractivity contribution in [2.45, 2.75) is 38.8 Å². The number of nitrogens with zero attached hydrogens (tertiary/aromatic N) is 3. The van der Waals surface area contributed by atoms with E-state index in [2.05, 4.69) is 15.7 Å². The number of rotatable bonds is 6. The maximum Gasteiger partial charge on any atom is 0.321 e. The molecule has 8 heteroatoms. The van der Waals surface area contributed by atoms with Crippen molar-refractivity contribution in [3.8, 4) is 0 Å². The Hall–Kier alpha value is -3.68. The third kappa shape index (κ3) is 5.51. The van der Waals surface area contributed by atoms with Crippen LogP contribution in [0.15, 0.2) is 59.7 Å². The molecule has 2 aromatic rings. The summed E-state index contributed by atoms with van der Waals surface area (Å²) in [5, 5.41) is 11.4. The molecule has 4 rings (SSSR count). The first-order valence-electron chi connectivity index (χ1n) is 10.9. The highest BCUT2D eigenvalue weighted by atomic mass is 16.2. The second-order valence-corrected chi connectivity index (χ2v) is 7.99. The molecule has 2 N–H and O–H groups in total. The van der Waals surface area contributed by atoms with Crippen LogP contribution in [0.3, 0.4) is 0 Å². The van der Waals surface area contributed by atoms with E-state index in [0.717, 1.165) is 37.1 Å². The normalized spacial score (nSPS) is 16.0. The van der Waals surface area contributed by atoms with Crippen molar-refractivity contribution in [1.29, 1.82) is 0 Å². The first-order valence-corrected chi connectivity index (χ1v) is 10.9. The van der Waals surface area contributed by atoms with Gasteiger partial charge in [0.15, 0.2) is 0 Å². The Bertz CT molecular complexity index is 1020. The van der Waals surface area contributed by atoms with Crippen LogP contribution in [-0.2, 0) is 22.7 Å². The quantitative estimate of drug-likeness (QED) is 0.733. The molecule has 1 fully saturated rings. The van der Waals surface area contributed by atoms with E-state index in [4.69, 9.17) is 0 Å². The zero-order valence-corrected chi connectivity index (χ0v) is 17.9. The van der Waals surface area contributed by atoms with Gasteiger partial charge in [-0.25, -0.2) is 9.80 Å². The Labute approximate surface area is 187 Å². The largest absolute Gasteiger partial charge is 0.347 e. The summed E-state index contributed by atoms with van der Waals surface area (Å²) in [7, 11) is 0. The Morgan fingerprint density at radius 3 is 2.47 bits per heavy atom. The molecule has 0 aromatic heterocycles. The molecule has 4 amide bonds. The lowest BCUT2D eigenvalue weighted by Gasteiger charge is -2.23. The smallest absolute Gasteiger partial charge is 0.321 e. The summed E-state index contributed by atoms with van der Waals surface area (Å²) in [5.74, 6) is -0.381. The maximum absolute atomic E-state index is 12.7. The second kappa shape index (κ2) is 10.1. The number of nitrogens with one attached hydrogen (secondary N) is 2. The summed E-state index contributed by atoms with van der Waals surface area (Å²) in [6.07, 6.45) is 2.66. The molecule has 0 bridgehead atoms. The van der Waals surface area contributed by atoms with Crippen LogP contribution in [-0.4, -0.2) is 46.6 Å². The van der Waals surface area contributed by atoms with Gasteiger partial charge in [0.05, 0.1) is 6.54 Å². The number of urea groups is 1. The average Bonchev–Trinajstić information content (AvgIpc) is 3.35. The predicted molar refractivity (Wildman–Crippen MR) is 122 cm³/mol. The van der Waals surface area contributed by atoms with Crippen molar-refractivity contribution in [2.75, 3.05) is 18.4 Å². The number of benzene rings is 2. The van der Waals surface area contributed by atoms with Crippen LogP contribution >= 0.6 is 0 Å². The fourth-order valence-electron chi connectivity index (χ4n) is 3.81. The lowest BCUT2D eigenvalue weighted by atomic mass is 10.1. The molecule has 32 heavy (non-hydrogen) atoms. The van der Waals surface area contributed by atoms with E-state index < -0.39 is 0 Å². The minimum absolute atomic E-state index is 0.0909. The van der Waals surface area contributed by atoms with E-state index in [9.17, 15) is 14.4 Å². The fraction of sp³-hybridized carbons (Fsp3) is 0.333. The minimum atomic E-state index is -0.290. The van der Waals surface area contributed by atoms with Gasteiger partial charge < -0.3 is 15.5 Å². The Balaban J connectivity index is 1.34. The summed E-state index contributed by atoms with van der Waals surface area (Å²) in [6, 6.07) is 16.9. The molecular weight excluding hydrogens is 406 g/mol. The summed E-state index contributed by atoms with van der Waals surface area (Å²) >= 11 is 0. The average molecular weight is 434 g/mol. The van der Waals surface area contributed by atoms with Gasteiger partial charge in [-0.05, 0) is 36.1 Å². The molecule has 2 aliphatic rings. The monoisotopic (exact) mass is 433 g/mol. The van der Waals surface area contributed by atoms with E-state index in [0.29, 0.717) is 30.9 Å². The van der Waals surface area contributed by atoms with Crippen LogP contribution in [0.5, 0.6) is 0 Å². The SMILES string of the molecule is O=C(NCc1cccc(NC(=O)N2CCCC2)c1)C1=NN(Cc2ccccc2)C(=O)CC1. The molecule has 8 nitrogen and oxygen atoms in total. The van der Waals surface area contributed by atoms with E-state index in [1.54, 1.807) is 4.90 Å². The molecule has 0 radical (unpaired) electrons. The highest BCUT2D eigenvalue weighted by Gasteiger charge is 2.24. The number of hydrogen-bond acceptors (Lipinski definition) is 4. The number of amides is 4. The van der Waals surface area contributed by atoms with Crippen molar-refractivity contribution in [3.05, 3.63) is 65.7 Å². The Morgan fingerprint density at radius 1 is 0.938 bits per heavy atom. The highest BCUT2D eigenvalue weighted by Crippen LogP contribution is 2.16. The summed E-state index contributed by atoms with van der Waals surface area (Å²) in [6.45, 7) is 2.22. The van der Waals surface area contributed by atoms with Gasteiger partial charge in [0, 0.05) is 38.2 Å². The molecule has 0 aliphatic carbocycles. The summed E-state index contributed by atoms with van der Waals surface area (Å²) in [4.78, 5) is 39.0. The third-order valence-electron chi connectivity index (χ3n) is 5.57. The molecule has 166 valence electrons. The zero-order valence-electron chi connectivity index (χ0n) is 17.9. The third-order valence-corrected chi connectivity index (χ3v) is 5.57. The van der Waals surface area contributed by atoms with Gasteiger partial charge in [0.25, 0.3) is 5.91 Å². The second-order valence-electron chi connectivity index (χ2n) is 7.99. The minimum Gasteiger partial charge on any atom is -0.347 e. The molecule has 0 spiro atoms.